The Morgan fingerprint density at radius 3 is 2.46 bits per heavy atom. The van der Waals surface area contributed by atoms with Crippen LogP contribution in [0.15, 0.2) is 30.5 Å². The van der Waals surface area contributed by atoms with Crippen LogP contribution in [0.5, 0.6) is 0 Å². The Hall–Kier alpha value is -2.21. The first kappa shape index (κ1) is 17.2. The highest BCUT2D eigenvalue weighted by Gasteiger charge is 2.21. The van der Waals surface area contributed by atoms with Crippen LogP contribution in [-0.4, -0.2) is 65.7 Å². The Bertz CT molecular complexity index is 705. The summed E-state index contributed by atoms with van der Waals surface area (Å²) in [7, 11) is 0. The molecule has 4 rings (SSSR count). The van der Waals surface area contributed by atoms with Crippen LogP contribution in [0.1, 0.15) is 24.2 Å². The standard InChI is InChI=1S/C20H28N6/c1-17-16-19(25-9-4-5-10-25)23-20(22-17)26-14-12-24(13-15-26)11-7-18-6-2-3-8-21-18/h2-3,6,8,16H,4-5,7,9-15H2,1H3. The van der Waals surface area contributed by atoms with Gasteiger partial charge in [0, 0.05) is 75.9 Å². The van der Waals surface area contributed by atoms with Crippen LogP contribution >= 0.6 is 0 Å². The van der Waals surface area contributed by atoms with Gasteiger partial charge in [-0.25, -0.2) is 4.98 Å². The normalized spacial score (nSPS) is 18.5. The molecule has 0 atom stereocenters. The number of aromatic nitrogens is 3. The molecule has 0 unspecified atom stereocenters. The van der Waals surface area contributed by atoms with Crippen LogP contribution in [0.25, 0.3) is 0 Å². The van der Waals surface area contributed by atoms with Gasteiger partial charge in [-0.15, -0.1) is 0 Å². The Kier molecular flexibility index (Phi) is 5.29. The van der Waals surface area contributed by atoms with E-state index < -0.39 is 0 Å². The molecule has 4 heterocycles. The maximum absolute atomic E-state index is 4.87. The second kappa shape index (κ2) is 7.99. The molecule has 0 amide bonds. The van der Waals surface area contributed by atoms with E-state index in [0.29, 0.717) is 0 Å². The molecule has 2 fully saturated rings. The van der Waals surface area contributed by atoms with E-state index in [1.807, 2.05) is 12.3 Å². The van der Waals surface area contributed by atoms with Gasteiger partial charge < -0.3 is 9.80 Å². The zero-order valence-electron chi connectivity index (χ0n) is 15.6. The topological polar surface area (TPSA) is 48.4 Å². The molecule has 2 saturated heterocycles. The minimum Gasteiger partial charge on any atom is -0.356 e. The first-order chi connectivity index (χ1) is 12.8. The molecule has 2 aliphatic heterocycles. The van der Waals surface area contributed by atoms with Crippen molar-refractivity contribution in [1.29, 1.82) is 0 Å². The average molecular weight is 352 g/mol. The first-order valence-corrected chi connectivity index (χ1v) is 9.76. The SMILES string of the molecule is Cc1cc(N2CCCC2)nc(N2CCN(CCc3ccccn3)CC2)n1. The van der Waals surface area contributed by atoms with Gasteiger partial charge in [0.1, 0.15) is 5.82 Å². The van der Waals surface area contributed by atoms with Gasteiger partial charge in [-0.1, -0.05) is 6.07 Å². The van der Waals surface area contributed by atoms with Crippen molar-refractivity contribution in [3.05, 3.63) is 41.9 Å². The Balaban J connectivity index is 1.34. The fourth-order valence-corrected chi connectivity index (χ4v) is 3.78. The van der Waals surface area contributed by atoms with E-state index in [-0.39, 0.29) is 0 Å². The van der Waals surface area contributed by atoms with E-state index in [2.05, 4.69) is 44.8 Å². The monoisotopic (exact) mass is 352 g/mol. The summed E-state index contributed by atoms with van der Waals surface area (Å²) >= 11 is 0. The second-order valence-corrected chi connectivity index (χ2v) is 7.26. The molecule has 2 aliphatic rings. The molecule has 0 bridgehead atoms. The van der Waals surface area contributed by atoms with Gasteiger partial charge in [0.15, 0.2) is 0 Å². The number of rotatable bonds is 5. The molecule has 0 spiro atoms. The van der Waals surface area contributed by atoms with Crippen molar-refractivity contribution < 1.29 is 0 Å². The molecular formula is C20H28N6. The lowest BCUT2D eigenvalue weighted by Crippen LogP contribution is -2.47. The largest absolute Gasteiger partial charge is 0.356 e. The van der Waals surface area contributed by atoms with Gasteiger partial charge in [-0.05, 0) is 31.9 Å². The minimum absolute atomic E-state index is 0.899. The van der Waals surface area contributed by atoms with E-state index in [9.17, 15) is 0 Å². The van der Waals surface area contributed by atoms with Crippen molar-refractivity contribution in [1.82, 2.24) is 19.9 Å². The summed E-state index contributed by atoms with van der Waals surface area (Å²) < 4.78 is 0. The Labute approximate surface area is 155 Å². The summed E-state index contributed by atoms with van der Waals surface area (Å²) in [5, 5.41) is 0. The fraction of sp³-hybridized carbons (Fsp3) is 0.550. The third-order valence-corrected chi connectivity index (χ3v) is 5.32. The third kappa shape index (κ3) is 4.12. The molecule has 0 radical (unpaired) electrons. The molecule has 6 heteroatoms. The third-order valence-electron chi connectivity index (χ3n) is 5.32. The predicted octanol–water partition coefficient (Wildman–Crippen LogP) is 2.14. The summed E-state index contributed by atoms with van der Waals surface area (Å²) in [5.41, 5.74) is 2.24. The molecule has 6 nitrogen and oxygen atoms in total. The zero-order valence-corrected chi connectivity index (χ0v) is 15.6. The van der Waals surface area contributed by atoms with Crippen LogP contribution in [0, 0.1) is 6.92 Å². The van der Waals surface area contributed by atoms with E-state index in [1.54, 1.807) is 0 Å². The smallest absolute Gasteiger partial charge is 0.227 e. The van der Waals surface area contributed by atoms with Crippen molar-refractivity contribution in [3.63, 3.8) is 0 Å². The van der Waals surface area contributed by atoms with Crippen molar-refractivity contribution in [2.75, 3.05) is 55.6 Å². The minimum atomic E-state index is 0.899. The number of hydrogen-bond donors (Lipinski definition) is 0. The summed E-state index contributed by atoms with van der Waals surface area (Å²) in [5.74, 6) is 2.00. The molecule has 2 aromatic heterocycles. The van der Waals surface area contributed by atoms with Gasteiger partial charge in [0.2, 0.25) is 5.95 Å². The number of piperazine rings is 1. The number of hydrogen-bond acceptors (Lipinski definition) is 6. The molecule has 0 N–H and O–H groups in total. The maximum Gasteiger partial charge on any atom is 0.227 e. The molecule has 0 aliphatic carbocycles. The summed E-state index contributed by atoms with van der Waals surface area (Å²) in [4.78, 5) is 21.2. The number of anilines is 2. The van der Waals surface area contributed by atoms with E-state index >= 15 is 0 Å². The summed E-state index contributed by atoms with van der Waals surface area (Å²) in [6, 6.07) is 8.27. The van der Waals surface area contributed by atoms with Gasteiger partial charge in [-0.2, -0.15) is 4.98 Å². The van der Waals surface area contributed by atoms with Crippen molar-refractivity contribution in [2.45, 2.75) is 26.2 Å². The van der Waals surface area contributed by atoms with Crippen LogP contribution in [0.2, 0.25) is 0 Å². The quantitative estimate of drug-likeness (QED) is 0.822. The van der Waals surface area contributed by atoms with E-state index in [4.69, 9.17) is 9.97 Å². The highest BCUT2D eigenvalue weighted by Crippen LogP contribution is 2.22. The summed E-state index contributed by atoms with van der Waals surface area (Å²) in [6.45, 7) is 9.49. The average Bonchev–Trinajstić information content (AvgIpc) is 3.22. The van der Waals surface area contributed by atoms with Gasteiger partial charge >= 0.3 is 0 Å². The van der Waals surface area contributed by atoms with Crippen molar-refractivity contribution in [3.8, 4) is 0 Å². The lowest BCUT2D eigenvalue weighted by Gasteiger charge is -2.35. The van der Waals surface area contributed by atoms with Crippen LogP contribution in [0.3, 0.4) is 0 Å². The van der Waals surface area contributed by atoms with Crippen LogP contribution in [0.4, 0.5) is 11.8 Å². The van der Waals surface area contributed by atoms with E-state index in [1.165, 1.54) is 18.5 Å². The number of pyridine rings is 1. The van der Waals surface area contributed by atoms with Crippen LogP contribution < -0.4 is 9.80 Å². The van der Waals surface area contributed by atoms with Crippen LogP contribution in [-0.2, 0) is 6.42 Å². The molecule has 0 saturated carbocycles. The highest BCUT2D eigenvalue weighted by atomic mass is 15.3. The molecule has 138 valence electrons. The van der Waals surface area contributed by atoms with Crippen molar-refractivity contribution >= 4 is 11.8 Å². The van der Waals surface area contributed by atoms with Gasteiger partial charge in [-0.3, -0.25) is 9.88 Å². The lowest BCUT2D eigenvalue weighted by molar-refractivity contribution is 0.259. The molecule has 0 aromatic carbocycles. The molecule has 26 heavy (non-hydrogen) atoms. The summed E-state index contributed by atoms with van der Waals surface area (Å²) in [6.07, 6.45) is 5.43. The predicted molar refractivity (Wildman–Crippen MR) is 105 cm³/mol. The Morgan fingerprint density at radius 1 is 0.923 bits per heavy atom. The number of aryl methyl sites for hydroxylation is 1. The highest BCUT2D eigenvalue weighted by molar-refractivity contribution is 5.46. The maximum atomic E-state index is 4.87. The second-order valence-electron chi connectivity index (χ2n) is 7.26. The molecule has 2 aromatic rings. The number of nitrogens with zero attached hydrogens (tertiary/aromatic N) is 6. The fourth-order valence-electron chi connectivity index (χ4n) is 3.78. The van der Waals surface area contributed by atoms with Gasteiger partial charge in [0.05, 0.1) is 0 Å². The van der Waals surface area contributed by atoms with Crippen molar-refractivity contribution in [2.24, 2.45) is 0 Å². The Morgan fingerprint density at radius 2 is 1.73 bits per heavy atom. The first-order valence-electron chi connectivity index (χ1n) is 9.76. The van der Waals surface area contributed by atoms with E-state index in [0.717, 1.165) is 69.7 Å². The lowest BCUT2D eigenvalue weighted by atomic mass is 10.2. The zero-order chi connectivity index (χ0) is 17.8. The van der Waals surface area contributed by atoms with Gasteiger partial charge in [0.25, 0.3) is 0 Å². The molecular weight excluding hydrogens is 324 g/mol.